The Labute approximate surface area is 99.4 Å². The Morgan fingerprint density at radius 3 is 2.55 bits per heavy atom. The van der Waals surface area contributed by atoms with Gasteiger partial charge in [0.2, 0.25) is 0 Å². The molecule has 0 unspecified atom stereocenters. The maximum atomic E-state index is 11.1. The van der Waals surface area contributed by atoms with Crippen LogP contribution < -0.4 is 5.11 Å². The number of aromatic hydroxyl groups is 1. The van der Waals surface area contributed by atoms with Gasteiger partial charge in [-0.05, 0) is 51.2 Å². The maximum Gasteiger partial charge on any atom is 0.141 e. The van der Waals surface area contributed by atoms with Crippen molar-refractivity contribution in [3.05, 3.63) is 17.7 Å². The molecule has 5 heteroatoms. The fraction of sp³-hybridized carbons (Fsp3) is 0. The van der Waals surface area contributed by atoms with Crippen molar-refractivity contribution >= 4 is 61.1 Å². The number of phenolic OH excluding ortho intramolecular Hbond substituents is 1. The minimum absolute atomic E-state index is 0.0689. The van der Waals surface area contributed by atoms with Gasteiger partial charge in [0, 0.05) is 8.04 Å². The van der Waals surface area contributed by atoms with E-state index in [1.54, 1.807) is 6.07 Å². The summed E-state index contributed by atoms with van der Waals surface area (Å²) in [5.41, 5.74) is 0. The van der Waals surface area contributed by atoms with Crippen molar-refractivity contribution in [3.63, 3.8) is 0 Å². The number of hydrogen-bond acceptors (Lipinski definition) is 2. The van der Waals surface area contributed by atoms with E-state index in [0.29, 0.717) is 11.6 Å². The van der Waals surface area contributed by atoms with E-state index in [2.05, 4.69) is 15.9 Å². The zero-order valence-corrected chi connectivity index (χ0v) is 11.0. The van der Waals surface area contributed by atoms with Gasteiger partial charge >= 0.3 is 0 Å². The Balaban J connectivity index is 3.46. The second kappa shape index (κ2) is 3.65. The lowest BCUT2D eigenvalue weighted by Crippen LogP contribution is -1.95. The van der Waals surface area contributed by atoms with E-state index in [0.717, 1.165) is 0 Å². The van der Waals surface area contributed by atoms with E-state index in [1.165, 1.54) is 0 Å². The molecular weight excluding hydrogens is 438 g/mol. The van der Waals surface area contributed by atoms with Crippen molar-refractivity contribution in [2.45, 2.75) is 0 Å². The number of benzene rings is 1. The van der Waals surface area contributed by atoms with Gasteiger partial charge < -0.3 is 10.2 Å². The zero-order chi connectivity index (χ0) is 8.59. The van der Waals surface area contributed by atoms with E-state index in [1.807, 2.05) is 45.2 Å². The molecule has 1 rings (SSSR count). The number of rotatable bonds is 0. The van der Waals surface area contributed by atoms with Crippen molar-refractivity contribution in [1.82, 2.24) is 0 Å². The standard InChI is InChI=1S/C6H3BrI2O2/c7-2-1-3(8)6(11)4(9)5(2)10/h1,10-11H/p-1. The van der Waals surface area contributed by atoms with Crippen molar-refractivity contribution in [3.8, 4) is 11.5 Å². The molecule has 0 saturated heterocycles. The molecule has 1 aromatic carbocycles. The minimum atomic E-state index is -0.163. The minimum Gasteiger partial charge on any atom is -0.871 e. The highest BCUT2D eigenvalue weighted by molar-refractivity contribution is 14.1. The molecule has 0 aliphatic carbocycles. The van der Waals surface area contributed by atoms with Crippen molar-refractivity contribution < 1.29 is 10.2 Å². The Hall–Kier alpha value is 0.760. The molecule has 0 fully saturated rings. The predicted molar refractivity (Wildman–Crippen MR) is 60.7 cm³/mol. The first kappa shape index (κ1) is 9.85. The Kier molecular flexibility index (Phi) is 3.27. The van der Waals surface area contributed by atoms with Gasteiger partial charge in [0.15, 0.2) is 0 Å². The molecule has 0 amide bonds. The van der Waals surface area contributed by atoms with Gasteiger partial charge in [0.05, 0.1) is 3.57 Å². The Morgan fingerprint density at radius 2 is 2.00 bits per heavy atom. The molecular formula is C6H2BrI2O2-. The Morgan fingerprint density at radius 1 is 1.45 bits per heavy atom. The summed E-state index contributed by atoms with van der Waals surface area (Å²) in [6, 6.07) is 1.60. The van der Waals surface area contributed by atoms with E-state index in [4.69, 9.17) is 0 Å². The highest BCUT2D eigenvalue weighted by Crippen LogP contribution is 2.36. The van der Waals surface area contributed by atoms with Gasteiger partial charge in [-0.3, -0.25) is 0 Å². The summed E-state index contributed by atoms with van der Waals surface area (Å²) < 4.78 is 1.53. The lowest BCUT2D eigenvalue weighted by atomic mass is 10.3. The summed E-state index contributed by atoms with van der Waals surface area (Å²) in [5, 5.41) is 20.4. The summed E-state index contributed by atoms with van der Waals surface area (Å²) in [5.74, 6) is -0.0945. The third-order valence-electron chi connectivity index (χ3n) is 1.10. The normalized spacial score (nSPS) is 10.1. The average Bonchev–Trinajstić information content (AvgIpc) is 1.97. The van der Waals surface area contributed by atoms with Crippen molar-refractivity contribution in [2.24, 2.45) is 0 Å². The highest BCUT2D eigenvalue weighted by atomic mass is 127. The molecule has 0 atom stereocenters. The summed E-state index contributed by atoms with van der Waals surface area (Å²) in [7, 11) is 0. The van der Waals surface area contributed by atoms with Crippen LogP contribution in [0.15, 0.2) is 10.5 Å². The zero-order valence-electron chi connectivity index (χ0n) is 5.07. The van der Waals surface area contributed by atoms with Gasteiger partial charge in [0.1, 0.15) is 5.75 Å². The van der Waals surface area contributed by atoms with Crippen LogP contribution >= 0.6 is 61.1 Å². The summed E-state index contributed by atoms with van der Waals surface area (Å²) in [6.45, 7) is 0. The van der Waals surface area contributed by atoms with E-state index in [-0.39, 0.29) is 11.5 Å². The molecule has 1 aromatic rings. The van der Waals surface area contributed by atoms with Crippen LogP contribution in [0.1, 0.15) is 0 Å². The first-order chi connectivity index (χ1) is 5.04. The number of phenols is 1. The molecule has 2 nitrogen and oxygen atoms in total. The second-order valence-corrected chi connectivity index (χ2v) is 4.93. The Bertz CT molecular complexity index is 275. The van der Waals surface area contributed by atoms with Crippen LogP contribution in [0.4, 0.5) is 0 Å². The molecule has 11 heavy (non-hydrogen) atoms. The van der Waals surface area contributed by atoms with E-state index >= 15 is 0 Å². The SMILES string of the molecule is [O-]c1c(Br)cc(I)c(O)c1I. The summed E-state index contributed by atoms with van der Waals surface area (Å²) in [4.78, 5) is 0. The maximum absolute atomic E-state index is 11.1. The van der Waals surface area contributed by atoms with E-state index < -0.39 is 0 Å². The third-order valence-corrected chi connectivity index (χ3v) is 3.52. The van der Waals surface area contributed by atoms with Gasteiger partial charge in [-0.2, -0.15) is 0 Å². The predicted octanol–water partition coefficient (Wildman–Crippen LogP) is 2.44. The summed E-state index contributed by atoms with van der Waals surface area (Å²) >= 11 is 6.89. The quantitative estimate of drug-likeness (QED) is 0.631. The fourth-order valence-corrected chi connectivity index (χ4v) is 3.47. The fourth-order valence-electron chi connectivity index (χ4n) is 0.562. The lowest BCUT2D eigenvalue weighted by molar-refractivity contribution is -0.270. The van der Waals surface area contributed by atoms with Crippen LogP contribution in [-0.4, -0.2) is 5.11 Å². The number of halogens is 3. The van der Waals surface area contributed by atoms with Crippen LogP contribution in [-0.2, 0) is 0 Å². The van der Waals surface area contributed by atoms with Gasteiger partial charge in [-0.1, -0.05) is 21.7 Å². The van der Waals surface area contributed by atoms with Crippen LogP contribution in [0.5, 0.6) is 11.5 Å². The number of hydrogen-bond donors (Lipinski definition) is 1. The van der Waals surface area contributed by atoms with E-state index in [9.17, 15) is 10.2 Å². The molecule has 0 bridgehead atoms. The topological polar surface area (TPSA) is 43.3 Å². The van der Waals surface area contributed by atoms with Gasteiger partial charge in [-0.25, -0.2) is 0 Å². The highest BCUT2D eigenvalue weighted by Gasteiger charge is 2.05. The molecule has 0 spiro atoms. The first-order valence-corrected chi connectivity index (χ1v) is 5.52. The monoisotopic (exact) mass is 439 g/mol. The van der Waals surface area contributed by atoms with Crippen molar-refractivity contribution in [2.75, 3.05) is 0 Å². The lowest BCUT2D eigenvalue weighted by Gasteiger charge is -2.13. The third kappa shape index (κ3) is 1.92. The van der Waals surface area contributed by atoms with Crippen LogP contribution in [0.25, 0.3) is 0 Å². The molecule has 0 saturated carbocycles. The smallest absolute Gasteiger partial charge is 0.141 e. The molecule has 0 aliphatic rings. The largest absolute Gasteiger partial charge is 0.871 e. The molecule has 60 valence electrons. The van der Waals surface area contributed by atoms with Gasteiger partial charge in [-0.15, -0.1) is 0 Å². The molecule has 0 radical (unpaired) electrons. The van der Waals surface area contributed by atoms with Crippen LogP contribution in [0, 0.1) is 7.14 Å². The average molecular weight is 440 g/mol. The summed E-state index contributed by atoms with van der Waals surface area (Å²) in [6.07, 6.45) is 0. The van der Waals surface area contributed by atoms with Crippen LogP contribution in [0.3, 0.4) is 0 Å². The van der Waals surface area contributed by atoms with Crippen molar-refractivity contribution in [1.29, 1.82) is 0 Å². The molecule has 0 heterocycles. The molecule has 0 aromatic heterocycles. The second-order valence-electron chi connectivity index (χ2n) is 1.83. The van der Waals surface area contributed by atoms with Crippen LogP contribution in [0.2, 0.25) is 0 Å². The first-order valence-electron chi connectivity index (χ1n) is 2.57. The van der Waals surface area contributed by atoms with Gasteiger partial charge in [0.25, 0.3) is 0 Å². The molecule has 0 aliphatic heterocycles. The molecule has 1 N–H and O–H groups in total.